The van der Waals surface area contributed by atoms with Crippen molar-refractivity contribution in [3.8, 4) is 0 Å². The summed E-state index contributed by atoms with van der Waals surface area (Å²) in [7, 11) is 0. The van der Waals surface area contributed by atoms with Gasteiger partial charge in [-0.25, -0.2) is 0 Å². The van der Waals surface area contributed by atoms with E-state index in [2.05, 4.69) is 39.5 Å². The Morgan fingerprint density at radius 3 is 2.60 bits per heavy atom. The highest BCUT2D eigenvalue weighted by molar-refractivity contribution is 4.96. The minimum atomic E-state index is 0.339. The Hall–Kier alpha value is -0.120. The number of ether oxygens (including phenoxy) is 1. The molecule has 2 aliphatic rings. The van der Waals surface area contributed by atoms with Crippen LogP contribution in [0.3, 0.4) is 0 Å². The lowest BCUT2D eigenvalue weighted by molar-refractivity contribution is -0.0819. The molecule has 0 bridgehead atoms. The van der Waals surface area contributed by atoms with E-state index in [-0.39, 0.29) is 0 Å². The summed E-state index contributed by atoms with van der Waals surface area (Å²) >= 11 is 0. The van der Waals surface area contributed by atoms with Crippen LogP contribution in [0.15, 0.2) is 0 Å². The Bertz CT molecular complexity index is 318. The minimum absolute atomic E-state index is 0.339. The number of nitrogens with zero attached hydrogens (tertiary/aromatic N) is 1. The Balaban J connectivity index is 2.08. The van der Waals surface area contributed by atoms with Gasteiger partial charge in [0.25, 0.3) is 0 Å². The fourth-order valence-corrected chi connectivity index (χ4v) is 3.94. The first-order chi connectivity index (χ1) is 9.35. The number of morpholine rings is 1. The Morgan fingerprint density at radius 2 is 1.95 bits per heavy atom. The molecule has 3 heteroatoms. The quantitative estimate of drug-likeness (QED) is 0.864. The molecule has 1 heterocycles. The first-order valence-electron chi connectivity index (χ1n) is 8.48. The molecule has 0 radical (unpaired) electrons. The maximum absolute atomic E-state index is 6.48. The van der Waals surface area contributed by atoms with Crippen molar-refractivity contribution in [2.75, 3.05) is 13.2 Å². The topological polar surface area (TPSA) is 38.5 Å². The fraction of sp³-hybridized carbons (Fsp3) is 1.00. The number of hydrogen-bond donors (Lipinski definition) is 1. The van der Waals surface area contributed by atoms with E-state index < -0.39 is 0 Å². The number of hydrogen-bond acceptors (Lipinski definition) is 3. The predicted molar refractivity (Wildman–Crippen MR) is 84.8 cm³/mol. The molecule has 2 rings (SSSR count). The second-order valence-corrected chi connectivity index (χ2v) is 7.77. The van der Waals surface area contributed by atoms with Gasteiger partial charge in [0.2, 0.25) is 0 Å². The van der Waals surface area contributed by atoms with Gasteiger partial charge in [-0.3, -0.25) is 4.90 Å². The van der Waals surface area contributed by atoms with E-state index in [4.69, 9.17) is 10.5 Å². The van der Waals surface area contributed by atoms with E-state index in [9.17, 15) is 0 Å². The van der Waals surface area contributed by atoms with Gasteiger partial charge in [0.05, 0.1) is 12.7 Å². The van der Waals surface area contributed by atoms with Gasteiger partial charge in [0, 0.05) is 24.7 Å². The van der Waals surface area contributed by atoms with Crippen LogP contribution in [0, 0.1) is 11.3 Å². The summed E-state index contributed by atoms with van der Waals surface area (Å²) < 4.78 is 5.78. The molecule has 1 saturated carbocycles. The molecule has 1 saturated heterocycles. The van der Waals surface area contributed by atoms with Gasteiger partial charge >= 0.3 is 0 Å². The van der Waals surface area contributed by atoms with Crippen LogP contribution >= 0.6 is 0 Å². The van der Waals surface area contributed by atoms with Gasteiger partial charge in [-0.05, 0) is 44.4 Å². The maximum Gasteiger partial charge on any atom is 0.0674 e. The largest absolute Gasteiger partial charge is 0.376 e. The highest BCUT2D eigenvalue weighted by Gasteiger charge is 2.40. The van der Waals surface area contributed by atoms with Gasteiger partial charge in [-0.1, -0.05) is 27.2 Å². The van der Waals surface area contributed by atoms with E-state index in [1.54, 1.807) is 0 Å². The molecule has 1 aliphatic heterocycles. The van der Waals surface area contributed by atoms with Gasteiger partial charge in [0.1, 0.15) is 0 Å². The lowest BCUT2D eigenvalue weighted by atomic mass is 9.67. The molecule has 0 amide bonds. The maximum atomic E-state index is 6.48. The molecule has 5 unspecified atom stereocenters. The average molecular weight is 282 g/mol. The summed E-state index contributed by atoms with van der Waals surface area (Å²) in [6.45, 7) is 13.5. The normalized spacial score (nSPS) is 40.8. The summed E-state index contributed by atoms with van der Waals surface area (Å²) in [5.74, 6) is 0.808. The van der Waals surface area contributed by atoms with Gasteiger partial charge in [0.15, 0.2) is 0 Å². The lowest BCUT2D eigenvalue weighted by Gasteiger charge is -2.49. The molecule has 3 nitrogen and oxygen atoms in total. The predicted octanol–water partition coefficient (Wildman–Crippen LogP) is 3.03. The summed E-state index contributed by atoms with van der Waals surface area (Å²) in [5, 5.41) is 0. The zero-order valence-corrected chi connectivity index (χ0v) is 14.1. The summed E-state index contributed by atoms with van der Waals surface area (Å²) in [6, 6.07) is 1.39. The van der Waals surface area contributed by atoms with Crippen LogP contribution < -0.4 is 5.73 Å². The second-order valence-electron chi connectivity index (χ2n) is 7.77. The van der Waals surface area contributed by atoms with Crippen LogP contribution in [0.2, 0.25) is 0 Å². The summed E-state index contributed by atoms with van der Waals surface area (Å²) in [5.41, 5.74) is 6.93. The fourth-order valence-electron chi connectivity index (χ4n) is 3.94. The molecule has 1 aliphatic carbocycles. The molecule has 2 fully saturated rings. The van der Waals surface area contributed by atoms with Crippen molar-refractivity contribution < 1.29 is 4.74 Å². The second kappa shape index (κ2) is 6.33. The Morgan fingerprint density at radius 1 is 1.25 bits per heavy atom. The zero-order valence-electron chi connectivity index (χ0n) is 14.1. The summed E-state index contributed by atoms with van der Waals surface area (Å²) in [6.07, 6.45) is 5.34. The van der Waals surface area contributed by atoms with Gasteiger partial charge in [-0.15, -0.1) is 0 Å². The Kier molecular flexibility index (Phi) is 5.14. The zero-order chi connectivity index (χ0) is 14.9. The molecule has 0 spiro atoms. The molecule has 2 N–H and O–H groups in total. The number of nitrogens with two attached hydrogens (primary N) is 1. The van der Waals surface area contributed by atoms with Crippen LogP contribution in [-0.4, -0.2) is 42.3 Å². The van der Waals surface area contributed by atoms with E-state index >= 15 is 0 Å². The van der Waals surface area contributed by atoms with Crippen molar-refractivity contribution in [1.82, 2.24) is 4.90 Å². The van der Waals surface area contributed by atoms with Crippen molar-refractivity contribution in [2.24, 2.45) is 17.1 Å². The van der Waals surface area contributed by atoms with Crippen molar-refractivity contribution in [2.45, 2.75) is 84.5 Å². The van der Waals surface area contributed by atoms with Crippen molar-refractivity contribution >= 4 is 0 Å². The monoisotopic (exact) mass is 282 g/mol. The standard InChI is InChI=1S/C17H34N2O/c1-6-17(4,5)14-7-8-15(18)16(9-14)19-10-13(3)20-11-12(19)2/h12-16H,6-11,18H2,1-5H3. The third-order valence-electron chi connectivity index (χ3n) is 5.97. The summed E-state index contributed by atoms with van der Waals surface area (Å²) in [4.78, 5) is 2.64. The van der Waals surface area contributed by atoms with Crippen LogP contribution in [0.5, 0.6) is 0 Å². The van der Waals surface area contributed by atoms with Crippen LogP contribution in [0.4, 0.5) is 0 Å². The van der Waals surface area contributed by atoms with E-state index in [0.29, 0.717) is 29.6 Å². The average Bonchev–Trinajstić information content (AvgIpc) is 2.42. The van der Waals surface area contributed by atoms with Gasteiger partial charge in [-0.2, -0.15) is 0 Å². The van der Waals surface area contributed by atoms with E-state index in [0.717, 1.165) is 19.1 Å². The SMILES string of the molecule is CCC(C)(C)C1CCC(N)C(N2CC(C)OCC2C)C1. The first kappa shape index (κ1) is 16.3. The van der Waals surface area contributed by atoms with Crippen molar-refractivity contribution in [3.05, 3.63) is 0 Å². The van der Waals surface area contributed by atoms with Crippen LogP contribution in [0.1, 0.15) is 60.3 Å². The molecular weight excluding hydrogens is 248 g/mol. The smallest absolute Gasteiger partial charge is 0.0674 e. The van der Waals surface area contributed by atoms with Crippen molar-refractivity contribution in [3.63, 3.8) is 0 Å². The minimum Gasteiger partial charge on any atom is -0.376 e. The molecule has 118 valence electrons. The van der Waals surface area contributed by atoms with Crippen LogP contribution in [-0.2, 0) is 4.74 Å². The Labute approximate surface area is 125 Å². The molecule has 20 heavy (non-hydrogen) atoms. The third kappa shape index (κ3) is 3.37. The first-order valence-corrected chi connectivity index (χ1v) is 8.48. The lowest BCUT2D eigenvalue weighted by Crippen LogP contribution is -2.60. The molecular formula is C17H34N2O. The van der Waals surface area contributed by atoms with Crippen molar-refractivity contribution in [1.29, 1.82) is 0 Å². The van der Waals surface area contributed by atoms with E-state index in [1.807, 2.05) is 0 Å². The van der Waals surface area contributed by atoms with E-state index in [1.165, 1.54) is 25.7 Å². The highest BCUT2D eigenvalue weighted by Crippen LogP contribution is 2.42. The highest BCUT2D eigenvalue weighted by atomic mass is 16.5. The molecule has 0 aromatic rings. The molecule has 0 aromatic heterocycles. The van der Waals surface area contributed by atoms with Crippen LogP contribution in [0.25, 0.3) is 0 Å². The molecule has 0 aromatic carbocycles. The third-order valence-corrected chi connectivity index (χ3v) is 5.97. The molecule has 5 atom stereocenters. The van der Waals surface area contributed by atoms with Gasteiger partial charge < -0.3 is 10.5 Å². The number of rotatable bonds is 3.